The van der Waals surface area contributed by atoms with Crippen molar-refractivity contribution in [3.05, 3.63) is 76.9 Å². The van der Waals surface area contributed by atoms with Gasteiger partial charge in [-0.1, -0.05) is 55.8 Å². The van der Waals surface area contributed by atoms with Gasteiger partial charge >= 0.3 is 0 Å². The number of ether oxygens (including phenoxy) is 1. The molecule has 152 valence electrons. The van der Waals surface area contributed by atoms with Crippen molar-refractivity contribution in [1.29, 1.82) is 0 Å². The van der Waals surface area contributed by atoms with Gasteiger partial charge < -0.3 is 10.1 Å². The fraction of sp³-hybridized carbons (Fsp3) is 0.167. The van der Waals surface area contributed by atoms with E-state index in [4.69, 9.17) is 4.74 Å². The van der Waals surface area contributed by atoms with E-state index in [1.165, 1.54) is 17.8 Å². The second-order valence-electron chi connectivity index (χ2n) is 6.83. The number of benzene rings is 3. The van der Waals surface area contributed by atoms with Crippen molar-refractivity contribution in [3.8, 4) is 5.75 Å². The topological polar surface area (TPSA) is 50.7 Å². The summed E-state index contributed by atoms with van der Waals surface area (Å²) in [6.07, 6.45) is 3.91. The summed E-state index contributed by atoms with van der Waals surface area (Å²) >= 11 is 1.20. The zero-order valence-corrected chi connectivity index (χ0v) is 17.3. The number of carbonyl (C=O) groups is 1. The standard InChI is InChI=1S/C24H21FN2O2S/c1-2-3-14-29-21-13-12-16(17-8-4-5-9-18(17)21)15-22-23(28)27-24(30-22)26-20-11-7-6-10-19(20)25/h4-13,15H,2-3,14H2,1H3,(H,26,27,28)/b22-15-. The first kappa shape index (κ1) is 20.2. The molecule has 3 aromatic rings. The van der Waals surface area contributed by atoms with Crippen LogP contribution < -0.4 is 10.1 Å². The van der Waals surface area contributed by atoms with E-state index in [2.05, 4.69) is 17.2 Å². The van der Waals surface area contributed by atoms with E-state index in [1.54, 1.807) is 18.2 Å². The predicted molar refractivity (Wildman–Crippen MR) is 122 cm³/mol. The third-order valence-corrected chi connectivity index (χ3v) is 5.60. The molecule has 1 N–H and O–H groups in total. The van der Waals surface area contributed by atoms with Crippen molar-refractivity contribution < 1.29 is 13.9 Å². The largest absolute Gasteiger partial charge is 0.493 e. The molecule has 1 fully saturated rings. The number of rotatable bonds is 6. The highest BCUT2D eigenvalue weighted by atomic mass is 32.2. The number of unbranched alkanes of at least 4 members (excludes halogenated alkanes) is 1. The summed E-state index contributed by atoms with van der Waals surface area (Å²) in [6.45, 7) is 2.81. The molecular weight excluding hydrogens is 399 g/mol. The SMILES string of the molecule is CCCCOc1ccc(/C=C2\SC(=Nc3ccccc3F)NC2=O)c2ccccc12. The van der Waals surface area contributed by atoms with E-state index in [0.717, 1.165) is 34.9 Å². The van der Waals surface area contributed by atoms with Gasteiger partial charge in [0.1, 0.15) is 17.3 Å². The molecule has 1 saturated heterocycles. The monoisotopic (exact) mass is 420 g/mol. The lowest BCUT2D eigenvalue weighted by atomic mass is 10.0. The Kier molecular flexibility index (Phi) is 6.14. The molecule has 0 atom stereocenters. The normalized spacial score (nSPS) is 16.4. The summed E-state index contributed by atoms with van der Waals surface area (Å²) < 4.78 is 19.8. The molecule has 3 aromatic carbocycles. The second kappa shape index (κ2) is 9.13. The minimum absolute atomic E-state index is 0.195. The van der Waals surface area contributed by atoms with Gasteiger partial charge in [0, 0.05) is 5.39 Å². The maximum absolute atomic E-state index is 13.9. The highest BCUT2D eigenvalue weighted by Crippen LogP contribution is 2.33. The molecule has 0 bridgehead atoms. The molecule has 1 heterocycles. The lowest BCUT2D eigenvalue weighted by Gasteiger charge is -2.11. The number of carbonyl (C=O) groups excluding carboxylic acids is 1. The molecule has 1 aliphatic heterocycles. The van der Waals surface area contributed by atoms with Crippen LogP contribution in [-0.2, 0) is 4.79 Å². The maximum atomic E-state index is 13.9. The first-order chi connectivity index (χ1) is 14.7. The first-order valence-corrected chi connectivity index (χ1v) is 10.7. The number of amidine groups is 1. The fourth-order valence-electron chi connectivity index (χ4n) is 3.15. The number of hydrogen-bond donors (Lipinski definition) is 1. The molecule has 0 radical (unpaired) electrons. The highest BCUT2D eigenvalue weighted by molar-refractivity contribution is 8.18. The zero-order valence-electron chi connectivity index (χ0n) is 16.5. The highest BCUT2D eigenvalue weighted by Gasteiger charge is 2.24. The van der Waals surface area contributed by atoms with Gasteiger partial charge in [0.05, 0.1) is 11.5 Å². The Hall–Kier alpha value is -3.12. The third-order valence-electron chi connectivity index (χ3n) is 4.69. The summed E-state index contributed by atoms with van der Waals surface area (Å²) in [5, 5.41) is 5.08. The number of nitrogens with one attached hydrogen (secondary N) is 1. The summed E-state index contributed by atoms with van der Waals surface area (Å²) in [5.41, 5.74) is 1.11. The first-order valence-electron chi connectivity index (χ1n) is 9.84. The Morgan fingerprint density at radius 3 is 2.63 bits per heavy atom. The molecule has 4 nitrogen and oxygen atoms in total. The molecule has 1 amide bonds. The van der Waals surface area contributed by atoms with Gasteiger partial charge in [-0.2, -0.15) is 0 Å². The molecule has 4 rings (SSSR count). The van der Waals surface area contributed by atoms with Crippen LogP contribution >= 0.6 is 11.8 Å². The number of nitrogens with zero attached hydrogens (tertiary/aromatic N) is 1. The molecule has 0 unspecified atom stereocenters. The average Bonchev–Trinajstić information content (AvgIpc) is 3.10. The van der Waals surface area contributed by atoms with E-state index in [1.807, 2.05) is 42.5 Å². The van der Waals surface area contributed by atoms with Crippen molar-refractivity contribution in [2.45, 2.75) is 19.8 Å². The van der Waals surface area contributed by atoms with Crippen LogP contribution in [0.2, 0.25) is 0 Å². The van der Waals surface area contributed by atoms with E-state index in [-0.39, 0.29) is 11.6 Å². The molecule has 0 aromatic heterocycles. The van der Waals surface area contributed by atoms with Gasteiger partial charge in [0.15, 0.2) is 5.17 Å². The Morgan fingerprint density at radius 2 is 1.83 bits per heavy atom. The van der Waals surface area contributed by atoms with Gasteiger partial charge in [0.2, 0.25) is 0 Å². The van der Waals surface area contributed by atoms with Crippen LogP contribution in [0.15, 0.2) is 70.6 Å². The lowest BCUT2D eigenvalue weighted by molar-refractivity contribution is -0.115. The van der Waals surface area contributed by atoms with Gasteiger partial charge in [0.25, 0.3) is 5.91 Å². The molecule has 0 spiro atoms. The minimum Gasteiger partial charge on any atom is -0.493 e. The molecule has 0 saturated carbocycles. The quantitative estimate of drug-likeness (QED) is 0.390. The molecule has 1 aliphatic rings. The maximum Gasteiger partial charge on any atom is 0.264 e. The van der Waals surface area contributed by atoms with Crippen LogP contribution in [0, 0.1) is 5.82 Å². The predicted octanol–water partition coefficient (Wildman–Crippen LogP) is 6.05. The Balaban J connectivity index is 1.64. The van der Waals surface area contributed by atoms with Gasteiger partial charge in [-0.25, -0.2) is 9.38 Å². The Labute approximate surface area is 178 Å². The van der Waals surface area contributed by atoms with Gasteiger partial charge in [-0.05, 0) is 53.4 Å². The van der Waals surface area contributed by atoms with Crippen LogP contribution in [-0.4, -0.2) is 17.7 Å². The lowest BCUT2D eigenvalue weighted by Crippen LogP contribution is -2.19. The second-order valence-corrected chi connectivity index (χ2v) is 7.86. The number of halogens is 1. The Morgan fingerprint density at radius 1 is 1.07 bits per heavy atom. The summed E-state index contributed by atoms with van der Waals surface area (Å²) in [6, 6.07) is 18.1. The van der Waals surface area contributed by atoms with Crippen LogP contribution in [0.1, 0.15) is 25.3 Å². The third kappa shape index (κ3) is 4.39. The van der Waals surface area contributed by atoms with Crippen molar-refractivity contribution in [2.75, 3.05) is 6.61 Å². The van der Waals surface area contributed by atoms with Gasteiger partial charge in [-0.15, -0.1) is 0 Å². The van der Waals surface area contributed by atoms with Gasteiger partial charge in [-0.3, -0.25) is 4.79 Å². The smallest absolute Gasteiger partial charge is 0.264 e. The van der Waals surface area contributed by atoms with Crippen molar-refractivity contribution in [3.63, 3.8) is 0 Å². The summed E-state index contributed by atoms with van der Waals surface area (Å²) in [4.78, 5) is 17.2. The van der Waals surface area contributed by atoms with Crippen molar-refractivity contribution in [1.82, 2.24) is 5.32 Å². The number of para-hydroxylation sites is 1. The molecular formula is C24H21FN2O2S. The Bertz CT molecular complexity index is 1160. The number of amides is 1. The van der Waals surface area contributed by atoms with Crippen LogP contribution in [0.25, 0.3) is 16.8 Å². The average molecular weight is 421 g/mol. The van der Waals surface area contributed by atoms with Crippen LogP contribution in [0.5, 0.6) is 5.75 Å². The van der Waals surface area contributed by atoms with Crippen molar-refractivity contribution in [2.24, 2.45) is 4.99 Å². The van der Waals surface area contributed by atoms with E-state index < -0.39 is 5.82 Å². The summed E-state index contributed by atoms with van der Waals surface area (Å²) in [5.74, 6) is 0.163. The van der Waals surface area contributed by atoms with Crippen molar-refractivity contribution >= 4 is 45.4 Å². The zero-order chi connectivity index (χ0) is 20.9. The van der Waals surface area contributed by atoms with Crippen LogP contribution in [0.4, 0.5) is 10.1 Å². The van der Waals surface area contributed by atoms with E-state index >= 15 is 0 Å². The summed E-state index contributed by atoms with van der Waals surface area (Å²) in [7, 11) is 0. The molecule has 30 heavy (non-hydrogen) atoms. The van der Waals surface area contributed by atoms with Crippen LogP contribution in [0.3, 0.4) is 0 Å². The fourth-order valence-corrected chi connectivity index (χ4v) is 3.97. The molecule has 0 aliphatic carbocycles. The molecule has 6 heteroatoms. The van der Waals surface area contributed by atoms with E-state index in [9.17, 15) is 9.18 Å². The number of fused-ring (bicyclic) bond motifs is 1. The number of thioether (sulfide) groups is 1. The van der Waals surface area contributed by atoms with E-state index in [0.29, 0.717) is 16.7 Å². The number of aliphatic imine (C=N–C) groups is 1. The minimum atomic E-state index is -0.429. The number of hydrogen-bond acceptors (Lipinski definition) is 4.